The molecule has 14 heavy (non-hydrogen) atoms. The van der Waals surface area contributed by atoms with E-state index in [9.17, 15) is 5.11 Å². The quantitative estimate of drug-likeness (QED) is 0.798. The summed E-state index contributed by atoms with van der Waals surface area (Å²) in [6.07, 6.45) is 0. The van der Waals surface area contributed by atoms with E-state index in [4.69, 9.17) is 9.84 Å². The molecular weight excluding hydrogens is 200 g/mol. The molecule has 0 aliphatic carbocycles. The summed E-state index contributed by atoms with van der Waals surface area (Å²) in [5.41, 5.74) is 0.566. The zero-order valence-corrected chi connectivity index (χ0v) is 8.47. The molecule has 0 fully saturated rings. The highest BCUT2D eigenvalue weighted by Crippen LogP contribution is 2.37. The summed E-state index contributed by atoms with van der Waals surface area (Å²) in [5, 5.41) is 21.4. The number of ether oxygens (including phenoxy) is 1. The molecule has 0 saturated carbocycles. The molecule has 1 aromatic heterocycles. The van der Waals surface area contributed by atoms with Crippen molar-refractivity contribution in [1.82, 2.24) is 0 Å². The largest absolute Gasteiger partial charge is 0.508 e. The van der Waals surface area contributed by atoms with Crippen molar-refractivity contribution in [3.8, 4) is 11.5 Å². The van der Waals surface area contributed by atoms with Gasteiger partial charge in [-0.1, -0.05) is 0 Å². The molecule has 2 N–H and O–H groups in total. The molecule has 4 heteroatoms. The van der Waals surface area contributed by atoms with Crippen molar-refractivity contribution in [3.05, 3.63) is 23.1 Å². The zero-order chi connectivity index (χ0) is 10.1. The van der Waals surface area contributed by atoms with Gasteiger partial charge in [-0.3, -0.25) is 0 Å². The van der Waals surface area contributed by atoms with Crippen LogP contribution in [0.2, 0.25) is 0 Å². The lowest BCUT2D eigenvalue weighted by Gasteiger charge is -2.02. The van der Waals surface area contributed by atoms with E-state index in [0.29, 0.717) is 5.56 Å². The molecule has 0 amide bonds. The number of hydrogen-bond donors (Lipinski definition) is 2. The van der Waals surface area contributed by atoms with E-state index in [1.165, 1.54) is 11.3 Å². The van der Waals surface area contributed by atoms with E-state index < -0.39 is 0 Å². The fraction of sp³-hybridized carbons (Fsp3) is 0.200. The second-order valence-corrected chi connectivity index (χ2v) is 3.78. The normalized spacial score (nSPS) is 10.7. The predicted molar refractivity (Wildman–Crippen MR) is 56.0 cm³/mol. The minimum atomic E-state index is -0.160. The van der Waals surface area contributed by atoms with Crippen LogP contribution in [-0.2, 0) is 6.61 Å². The van der Waals surface area contributed by atoms with Gasteiger partial charge in [-0.25, -0.2) is 0 Å². The van der Waals surface area contributed by atoms with E-state index in [1.807, 2.05) is 5.38 Å². The van der Waals surface area contributed by atoms with Crippen molar-refractivity contribution in [2.75, 3.05) is 7.11 Å². The van der Waals surface area contributed by atoms with Crippen LogP contribution >= 0.6 is 11.3 Å². The number of aliphatic hydroxyl groups is 1. The summed E-state index contributed by atoms with van der Waals surface area (Å²) in [7, 11) is 1.60. The Balaban J connectivity index is 2.76. The smallest absolute Gasteiger partial charge is 0.137 e. The highest BCUT2D eigenvalue weighted by atomic mass is 32.1. The Morgan fingerprint density at radius 1 is 1.43 bits per heavy atom. The van der Waals surface area contributed by atoms with Crippen LogP contribution in [0.1, 0.15) is 5.56 Å². The monoisotopic (exact) mass is 210 g/mol. The zero-order valence-electron chi connectivity index (χ0n) is 7.65. The van der Waals surface area contributed by atoms with Crippen LogP contribution in [0.5, 0.6) is 11.5 Å². The molecule has 2 aromatic rings. The molecule has 0 bridgehead atoms. The molecule has 0 atom stereocenters. The van der Waals surface area contributed by atoms with Crippen molar-refractivity contribution in [2.45, 2.75) is 6.61 Å². The first-order valence-electron chi connectivity index (χ1n) is 4.14. The van der Waals surface area contributed by atoms with Gasteiger partial charge in [-0.05, 0) is 12.1 Å². The highest BCUT2D eigenvalue weighted by molar-refractivity contribution is 7.17. The number of methoxy groups -OCH3 is 1. The summed E-state index contributed by atoms with van der Waals surface area (Å²) in [4.78, 5) is 0. The van der Waals surface area contributed by atoms with E-state index >= 15 is 0 Å². The van der Waals surface area contributed by atoms with Gasteiger partial charge in [0.2, 0.25) is 0 Å². The maximum atomic E-state index is 9.50. The van der Waals surface area contributed by atoms with Crippen molar-refractivity contribution >= 4 is 21.4 Å². The van der Waals surface area contributed by atoms with Crippen LogP contribution in [0, 0.1) is 0 Å². The fourth-order valence-corrected chi connectivity index (χ4v) is 2.49. The summed E-state index contributed by atoms with van der Waals surface area (Å²) in [5.74, 6) is 0.907. The third-order valence-electron chi connectivity index (χ3n) is 2.16. The first-order chi connectivity index (χ1) is 6.77. The maximum absolute atomic E-state index is 9.50. The Labute approximate surface area is 85.2 Å². The average molecular weight is 210 g/mol. The Kier molecular flexibility index (Phi) is 2.31. The molecule has 3 nitrogen and oxygen atoms in total. The Morgan fingerprint density at radius 2 is 2.21 bits per heavy atom. The topological polar surface area (TPSA) is 49.7 Å². The predicted octanol–water partition coefficient (Wildman–Crippen LogP) is 2.11. The van der Waals surface area contributed by atoms with Gasteiger partial charge in [0, 0.05) is 21.0 Å². The standard InChI is InChI=1S/C10H10O3S/c1-13-9-5-14-10-6(9)2-3-8(12)7(10)4-11/h2-3,5,11-12H,4H2,1H3. The maximum Gasteiger partial charge on any atom is 0.137 e. The van der Waals surface area contributed by atoms with Gasteiger partial charge < -0.3 is 14.9 Å². The molecule has 2 rings (SSSR count). The third-order valence-corrected chi connectivity index (χ3v) is 3.20. The highest BCUT2D eigenvalue weighted by Gasteiger charge is 2.11. The van der Waals surface area contributed by atoms with Crippen LogP contribution in [0.25, 0.3) is 10.1 Å². The fourth-order valence-electron chi connectivity index (χ4n) is 1.43. The van der Waals surface area contributed by atoms with E-state index in [2.05, 4.69) is 0 Å². The minimum Gasteiger partial charge on any atom is -0.508 e. The molecule has 0 aliphatic rings. The molecule has 0 unspecified atom stereocenters. The lowest BCUT2D eigenvalue weighted by Crippen LogP contribution is -1.85. The summed E-state index contributed by atoms with van der Waals surface area (Å²) < 4.78 is 6.03. The van der Waals surface area contributed by atoms with Gasteiger partial charge in [0.05, 0.1) is 13.7 Å². The summed E-state index contributed by atoms with van der Waals surface area (Å²) in [6.45, 7) is -0.160. The van der Waals surface area contributed by atoms with E-state index in [0.717, 1.165) is 15.8 Å². The number of benzene rings is 1. The van der Waals surface area contributed by atoms with E-state index in [-0.39, 0.29) is 12.4 Å². The number of fused-ring (bicyclic) bond motifs is 1. The van der Waals surface area contributed by atoms with Crippen molar-refractivity contribution in [3.63, 3.8) is 0 Å². The van der Waals surface area contributed by atoms with Crippen LogP contribution in [-0.4, -0.2) is 17.3 Å². The summed E-state index contributed by atoms with van der Waals surface area (Å²) >= 11 is 1.46. The van der Waals surface area contributed by atoms with Gasteiger partial charge in [0.25, 0.3) is 0 Å². The van der Waals surface area contributed by atoms with Crippen LogP contribution < -0.4 is 4.74 Å². The number of aromatic hydroxyl groups is 1. The van der Waals surface area contributed by atoms with Gasteiger partial charge >= 0.3 is 0 Å². The number of aliphatic hydroxyl groups excluding tert-OH is 1. The van der Waals surface area contributed by atoms with Crippen LogP contribution in [0.15, 0.2) is 17.5 Å². The first-order valence-corrected chi connectivity index (χ1v) is 5.02. The Morgan fingerprint density at radius 3 is 2.86 bits per heavy atom. The number of hydrogen-bond acceptors (Lipinski definition) is 4. The van der Waals surface area contributed by atoms with Gasteiger partial charge in [0.15, 0.2) is 0 Å². The molecule has 0 spiro atoms. The first kappa shape index (κ1) is 9.30. The number of phenols is 1. The molecule has 74 valence electrons. The van der Waals surface area contributed by atoms with Gasteiger partial charge in [-0.2, -0.15) is 0 Å². The Bertz CT molecular complexity index is 462. The van der Waals surface area contributed by atoms with Crippen molar-refractivity contribution in [1.29, 1.82) is 0 Å². The molecule has 0 radical (unpaired) electrons. The van der Waals surface area contributed by atoms with Crippen molar-refractivity contribution in [2.24, 2.45) is 0 Å². The second kappa shape index (κ2) is 3.48. The van der Waals surface area contributed by atoms with Gasteiger partial charge in [0.1, 0.15) is 11.5 Å². The third kappa shape index (κ3) is 1.23. The summed E-state index contributed by atoms with van der Waals surface area (Å²) in [6, 6.07) is 3.36. The minimum absolute atomic E-state index is 0.129. The van der Waals surface area contributed by atoms with Crippen LogP contribution in [0.4, 0.5) is 0 Å². The molecule has 1 heterocycles. The van der Waals surface area contributed by atoms with E-state index in [1.54, 1.807) is 19.2 Å². The molecule has 0 aliphatic heterocycles. The number of thiophene rings is 1. The lowest BCUT2D eigenvalue weighted by atomic mass is 10.1. The lowest BCUT2D eigenvalue weighted by molar-refractivity contribution is 0.277. The van der Waals surface area contributed by atoms with Crippen molar-refractivity contribution < 1.29 is 14.9 Å². The molecular formula is C10H10O3S. The second-order valence-electron chi connectivity index (χ2n) is 2.90. The number of rotatable bonds is 2. The molecule has 1 aromatic carbocycles. The molecule has 0 saturated heterocycles. The average Bonchev–Trinajstić information content (AvgIpc) is 2.60. The Hall–Kier alpha value is -1.26. The van der Waals surface area contributed by atoms with Crippen LogP contribution in [0.3, 0.4) is 0 Å². The van der Waals surface area contributed by atoms with Gasteiger partial charge in [-0.15, -0.1) is 11.3 Å². The SMILES string of the molecule is COc1csc2c(CO)c(O)ccc12.